The fourth-order valence-corrected chi connectivity index (χ4v) is 2.41. The van der Waals surface area contributed by atoms with Crippen LogP contribution in [0, 0.1) is 5.92 Å². The van der Waals surface area contributed by atoms with Gasteiger partial charge in [-0.1, -0.05) is 6.92 Å². The molecule has 0 aliphatic heterocycles. The Morgan fingerprint density at radius 3 is 2.21 bits per heavy atom. The predicted molar refractivity (Wildman–Crippen MR) is 74.1 cm³/mol. The van der Waals surface area contributed by atoms with Crippen molar-refractivity contribution in [2.45, 2.75) is 31.7 Å². The smallest absolute Gasteiger partial charge is 0.308 e. The monoisotopic (exact) mass is 285 g/mol. The van der Waals surface area contributed by atoms with Crippen LogP contribution >= 0.6 is 0 Å². The molecule has 19 heavy (non-hydrogen) atoms. The van der Waals surface area contributed by atoms with E-state index in [0.717, 1.165) is 0 Å². The van der Waals surface area contributed by atoms with Gasteiger partial charge in [0.2, 0.25) is 0 Å². The molecule has 106 valence electrons. The van der Waals surface area contributed by atoms with Crippen LogP contribution in [0.1, 0.15) is 20.8 Å². The summed E-state index contributed by atoms with van der Waals surface area (Å²) in [7, 11) is -3.20. The average molecular weight is 285 g/mol. The van der Waals surface area contributed by atoms with Crippen LogP contribution in [0.2, 0.25) is 0 Å². The predicted octanol–water partition coefficient (Wildman–Crippen LogP) is 2.00. The summed E-state index contributed by atoms with van der Waals surface area (Å²) in [6.45, 7) is 4.99. The molecular weight excluding hydrogens is 266 g/mol. The standard InChI is InChI=1S/C13H19NO4S/c1-4-19(17,18)12-7-5-11(6-8-12)14-10(3)9(2)13(15)16/h5-10,14H,4H2,1-3H3,(H,15,16). The van der Waals surface area contributed by atoms with E-state index in [0.29, 0.717) is 5.69 Å². The average Bonchev–Trinajstić information content (AvgIpc) is 2.38. The zero-order valence-corrected chi connectivity index (χ0v) is 12.1. The van der Waals surface area contributed by atoms with Gasteiger partial charge in [-0.2, -0.15) is 0 Å². The third-order valence-electron chi connectivity index (χ3n) is 3.13. The molecular formula is C13H19NO4S. The fraction of sp³-hybridized carbons (Fsp3) is 0.462. The molecule has 0 spiro atoms. The highest BCUT2D eigenvalue weighted by Gasteiger charge is 2.19. The summed E-state index contributed by atoms with van der Waals surface area (Å²) in [6, 6.07) is 6.10. The summed E-state index contributed by atoms with van der Waals surface area (Å²) in [5.74, 6) is -1.34. The SMILES string of the molecule is CCS(=O)(=O)c1ccc(NC(C)C(C)C(=O)O)cc1. The van der Waals surface area contributed by atoms with Crippen LogP contribution in [0.5, 0.6) is 0 Å². The number of aliphatic carboxylic acids is 1. The van der Waals surface area contributed by atoms with Crippen molar-refractivity contribution in [1.82, 2.24) is 0 Å². The third kappa shape index (κ3) is 3.96. The second kappa shape index (κ2) is 6.06. The van der Waals surface area contributed by atoms with E-state index in [-0.39, 0.29) is 16.7 Å². The summed E-state index contributed by atoms with van der Waals surface area (Å²) >= 11 is 0. The number of carboxylic acid groups (broad SMARTS) is 1. The maximum atomic E-state index is 11.6. The van der Waals surface area contributed by atoms with Crippen LogP contribution in [-0.4, -0.2) is 31.3 Å². The van der Waals surface area contributed by atoms with Gasteiger partial charge in [-0.15, -0.1) is 0 Å². The summed E-state index contributed by atoms with van der Waals surface area (Å²) in [5.41, 5.74) is 0.704. The maximum absolute atomic E-state index is 11.6. The first-order valence-corrected chi connectivity index (χ1v) is 7.75. The first-order valence-electron chi connectivity index (χ1n) is 6.10. The Morgan fingerprint density at radius 2 is 1.79 bits per heavy atom. The van der Waals surface area contributed by atoms with Gasteiger partial charge in [-0.05, 0) is 38.1 Å². The number of sulfone groups is 1. The normalized spacial score (nSPS) is 14.7. The minimum Gasteiger partial charge on any atom is -0.481 e. The molecule has 0 amide bonds. The first kappa shape index (κ1) is 15.5. The van der Waals surface area contributed by atoms with Crippen molar-refractivity contribution in [3.63, 3.8) is 0 Å². The van der Waals surface area contributed by atoms with Gasteiger partial charge in [0.15, 0.2) is 9.84 Å². The molecule has 2 unspecified atom stereocenters. The molecule has 2 N–H and O–H groups in total. The van der Waals surface area contributed by atoms with E-state index in [9.17, 15) is 13.2 Å². The highest BCUT2D eigenvalue weighted by atomic mass is 32.2. The molecule has 6 heteroatoms. The maximum Gasteiger partial charge on any atom is 0.308 e. The van der Waals surface area contributed by atoms with E-state index in [1.165, 1.54) is 12.1 Å². The van der Waals surface area contributed by atoms with Crippen molar-refractivity contribution in [3.8, 4) is 0 Å². The van der Waals surface area contributed by atoms with E-state index < -0.39 is 21.7 Å². The van der Waals surface area contributed by atoms with Crippen LogP contribution in [0.15, 0.2) is 29.2 Å². The molecule has 0 bridgehead atoms. The van der Waals surface area contributed by atoms with Gasteiger partial charge in [0, 0.05) is 11.7 Å². The van der Waals surface area contributed by atoms with Crippen LogP contribution in [-0.2, 0) is 14.6 Å². The van der Waals surface area contributed by atoms with Gasteiger partial charge >= 0.3 is 5.97 Å². The topological polar surface area (TPSA) is 83.5 Å². The lowest BCUT2D eigenvalue weighted by Gasteiger charge is -2.19. The Bertz CT molecular complexity index is 536. The second-order valence-corrected chi connectivity index (χ2v) is 6.77. The second-order valence-electron chi connectivity index (χ2n) is 4.49. The van der Waals surface area contributed by atoms with Crippen LogP contribution in [0.3, 0.4) is 0 Å². The Kier molecular flexibility index (Phi) is 4.94. The number of carbonyl (C=O) groups is 1. The minimum absolute atomic E-state index is 0.0617. The zero-order chi connectivity index (χ0) is 14.6. The number of nitrogens with one attached hydrogen (secondary N) is 1. The summed E-state index contributed by atoms with van der Waals surface area (Å²) in [6.07, 6.45) is 0. The van der Waals surface area contributed by atoms with Gasteiger partial charge in [-0.25, -0.2) is 8.42 Å². The molecule has 0 heterocycles. The molecule has 1 aromatic rings. The molecule has 0 fully saturated rings. The highest BCUT2D eigenvalue weighted by molar-refractivity contribution is 7.91. The number of rotatable bonds is 6. The molecule has 0 aromatic heterocycles. The fourth-order valence-electron chi connectivity index (χ4n) is 1.53. The molecule has 0 saturated heterocycles. The Hall–Kier alpha value is -1.56. The number of hydrogen-bond donors (Lipinski definition) is 2. The summed E-state index contributed by atoms with van der Waals surface area (Å²) in [5, 5.41) is 11.9. The number of carboxylic acids is 1. The lowest BCUT2D eigenvalue weighted by atomic mass is 10.0. The van der Waals surface area contributed by atoms with E-state index in [1.54, 1.807) is 32.9 Å². The minimum atomic E-state index is -3.20. The van der Waals surface area contributed by atoms with Crippen molar-refractivity contribution in [2.75, 3.05) is 11.1 Å². The van der Waals surface area contributed by atoms with Crippen LogP contribution in [0.25, 0.3) is 0 Å². The van der Waals surface area contributed by atoms with E-state index >= 15 is 0 Å². The van der Waals surface area contributed by atoms with Crippen molar-refractivity contribution in [2.24, 2.45) is 5.92 Å². The van der Waals surface area contributed by atoms with Crippen molar-refractivity contribution < 1.29 is 18.3 Å². The van der Waals surface area contributed by atoms with Crippen molar-refractivity contribution in [3.05, 3.63) is 24.3 Å². The molecule has 0 aliphatic rings. The highest BCUT2D eigenvalue weighted by Crippen LogP contribution is 2.17. The number of benzene rings is 1. The van der Waals surface area contributed by atoms with Gasteiger partial charge in [-0.3, -0.25) is 4.79 Å². The molecule has 5 nitrogen and oxygen atoms in total. The first-order chi connectivity index (χ1) is 8.77. The summed E-state index contributed by atoms with van der Waals surface area (Å²) < 4.78 is 23.3. The largest absolute Gasteiger partial charge is 0.481 e. The molecule has 0 radical (unpaired) electrons. The van der Waals surface area contributed by atoms with E-state index in [2.05, 4.69) is 5.32 Å². The Morgan fingerprint density at radius 1 is 1.26 bits per heavy atom. The Balaban J connectivity index is 2.81. The van der Waals surface area contributed by atoms with Crippen molar-refractivity contribution in [1.29, 1.82) is 0 Å². The number of anilines is 1. The quantitative estimate of drug-likeness (QED) is 0.835. The van der Waals surface area contributed by atoms with E-state index in [4.69, 9.17) is 5.11 Å². The van der Waals surface area contributed by atoms with Gasteiger partial charge < -0.3 is 10.4 Å². The third-order valence-corrected chi connectivity index (χ3v) is 4.88. The van der Waals surface area contributed by atoms with E-state index in [1.807, 2.05) is 0 Å². The molecule has 0 saturated carbocycles. The summed E-state index contributed by atoms with van der Waals surface area (Å²) in [4.78, 5) is 11.1. The molecule has 1 aromatic carbocycles. The van der Waals surface area contributed by atoms with Crippen LogP contribution < -0.4 is 5.32 Å². The molecule has 2 atom stereocenters. The molecule has 1 rings (SSSR count). The zero-order valence-electron chi connectivity index (χ0n) is 11.3. The van der Waals surface area contributed by atoms with Crippen molar-refractivity contribution >= 4 is 21.5 Å². The van der Waals surface area contributed by atoms with Crippen LogP contribution in [0.4, 0.5) is 5.69 Å². The van der Waals surface area contributed by atoms with Gasteiger partial charge in [0.05, 0.1) is 16.6 Å². The number of hydrogen-bond acceptors (Lipinski definition) is 4. The lowest BCUT2D eigenvalue weighted by Crippen LogP contribution is -2.29. The van der Waals surface area contributed by atoms with Gasteiger partial charge in [0.1, 0.15) is 0 Å². The Labute approximate surface area is 113 Å². The van der Waals surface area contributed by atoms with Gasteiger partial charge in [0.25, 0.3) is 0 Å². The lowest BCUT2D eigenvalue weighted by molar-refractivity contribution is -0.141. The molecule has 0 aliphatic carbocycles.